The second kappa shape index (κ2) is 8.39. The van der Waals surface area contributed by atoms with Crippen LogP contribution in [0.2, 0.25) is 0 Å². The molecule has 4 nitrogen and oxygen atoms in total. The highest BCUT2D eigenvalue weighted by Crippen LogP contribution is 2.20. The first-order valence-corrected chi connectivity index (χ1v) is 8.79. The van der Waals surface area contributed by atoms with E-state index in [0.717, 1.165) is 16.7 Å². The van der Waals surface area contributed by atoms with Crippen molar-refractivity contribution in [2.24, 2.45) is 0 Å². The normalized spacial score (nSPS) is 11.8. The van der Waals surface area contributed by atoms with Crippen molar-refractivity contribution in [1.82, 2.24) is 5.32 Å². The molecule has 0 bridgehead atoms. The van der Waals surface area contributed by atoms with Crippen LogP contribution >= 0.6 is 0 Å². The second-order valence-corrected chi connectivity index (χ2v) is 6.09. The summed E-state index contributed by atoms with van der Waals surface area (Å²) in [5, 5.41) is 5.33. The van der Waals surface area contributed by atoms with Crippen LogP contribution in [0, 0.1) is 0 Å². The smallest absolute Gasteiger partial charge is 0.258 e. The van der Waals surface area contributed by atoms with Crippen LogP contribution in [0.4, 0.5) is 0 Å². The van der Waals surface area contributed by atoms with Gasteiger partial charge in [0.15, 0.2) is 6.61 Å². The molecule has 0 aromatic heterocycles. The Morgan fingerprint density at radius 2 is 1.58 bits per heavy atom. The van der Waals surface area contributed by atoms with E-state index in [-0.39, 0.29) is 18.6 Å². The van der Waals surface area contributed by atoms with E-state index in [4.69, 9.17) is 9.47 Å². The number of carbonyl (C=O) groups is 1. The molecule has 0 spiro atoms. The summed E-state index contributed by atoms with van der Waals surface area (Å²) in [5.41, 5.74) is 1.07. The van der Waals surface area contributed by atoms with Crippen LogP contribution in [0.5, 0.6) is 11.5 Å². The van der Waals surface area contributed by atoms with Crippen molar-refractivity contribution in [2.45, 2.75) is 19.9 Å². The number of amides is 1. The minimum Gasteiger partial charge on any atom is -0.494 e. The van der Waals surface area contributed by atoms with E-state index in [1.54, 1.807) is 12.1 Å². The zero-order valence-corrected chi connectivity index (χ0v) is 15.1. The fourth-order valence-corrected chi connectivity index (χ4v) is 2.79. The predicted octanol–water partition coefficient (Wildman–Crippen LogP) is 4.49. The molecule has 3 rings (SSSR count). The molecule has 0 heterocycles. The van der Waals surface area contributed by atoms with Crippen LogP contribution in [0.1, 0.15) is 25.5 Å². The topological polar surface area (TPSA) is 47.6 Å². The molecule has 0 saturated heterocycles. The highest BCUT2D eigenvalue weighted by Gasteiger charge is 2.11. The van der Waals surface area contributed by atoms with Crippen molar-refractivity contribution < 1.29 is 14.3 Å². The van der Waals surface area contributed by atoms with Crippen LogP contribution in [-0.2, 0) is 4.79 Å². The number of rotatable bonds is 7. The van der Waals surface area contributed by atoms with Crippen LogP contribution < -0.4 is 14.8 Å². The fraction of sp³-hybridized carbons (Fsp3) is 0.227. The van der Waals surface area contributed by atoms with Crippen molar-refractivity contribution in [1.29, 1.82) is 0 Å². The summed E-state index contributed by atoms with van der Waals surface area (Å²) < 4.78 is 10.9. The van der Waals surface area contributed by atoms with Gasteiger partial charge in [-0.15, -0.1) is 0 Å². The zero-order valence-electron chi connectivity index (χ0n) is 15.1. The lowest BCUT2D eigenvalue weighted by Gasteiger charge is -2.15. The summed E-state index contributed by atoms with van der Waals surface area (Å²) in [6.45, 7) is 4.51. The van der Waals surface area contributed by atoms with Crippen molar-refractivity contribution in [3.63, 3.8) is 0 Å². The average molecular weight is 349 g/mol. The quantitative estimate of drug-likeness (QED) is 0.683. The number of ether oxygens (including phenoxy) is 2. The Morgan fingerprint density at radius 3 is 2.27 bits per heavy atom. The molecule has 134 valence electrons. The van der Waals surface area contributed by atoms with Gasteiger partial charge in [-0.2, -0.15) is 0 Å². The lowest BCUT2D eigenvalue weighted by Crippen LogP contribution is -2.31. The average Bonchev–Trinajstić information content (AvgIpc) is 2.67. The molecule has 26 heavy (non-hydrogen) atoms. The van der Waals surface area contributed by atoms with Gasteiger partial charge < -0.3 is 14.8 Å². The molecule has 4 heteroatoms. The van der Waals surface area contributed by atoms with Gasteiger partial charge in [0.05, 0.1) is 12.6 Å². The van der Waals surface area contributed by atoms with E-state index in [9.17, 15) is 4.79 Å². The molecular formula is C22H23NO3. The van der Waals surface area contributed by atoms with Crippen molar-refractivity contribution in [3.05, 3.63) is 72.3 Å². The van der Waals surface area contributed by atoms with Crippen LogP contribution in [-0.4, -0.2) is 19.1 Å². The Balaban J connectivity index is 1.54. The first kappa shape index (κ1) is 17.8. The molecule has 0 saturated carbocycles. The van der Waals surface area contributed by atoms with E-state index in [2.05, 4.69) is 29.6 Å². The largest absolute Gasteiger partial charge is 0.494 e. The molecule has 0 unspecified atom stereocenters. The van der Waals surface area contributed by atoms with Crippen LogP contribution in [0.15, 0.2) is 66.7 Å². The minimum atomic E-state index is -0.153. The Hall–Kier alpha value is -3.01. The Bertz CT molecular complexity index is 874. The number of carbonyl (C=O) groups excluding carboxylic acids is 1. The summed E-state index contributed by atoms with van der Waals surface area (Å²) >= 11 is 0. The van der Waals surface area contributed by atoms with Gasteiger partial charge in [-0.3, -0.25) is 4.79 Å². The molecule has 1 N–H and O–H groups in total. The van der Waals surface area contributed by atoms with Crippen molar-refractivity contribution in [3.8, 4) is 11.5 Å². The summed E-state index contributed by atoms with van der Waals surface area (Å²) in [4.78, 5) is 12.2. The lowest BCUT2D eigenvalue weighted by molar-refractivity contribution is -0.123. The first-order valence-electron chi connectivity index (χ1n) is 8.79. The molecule has 0 aliphatic carbocycles. The van der Waals surface area contributed by atoms with Gasteiger partial charge in [0.2, 0.25) is 0 Å². The standard InChI is InChI=1S/C22H23NO3/c1-3-25-20-10-12-21(13-11-20)26-15-22(24)23-16(2)18-9-8-17-6-4-5-7-19(17)14-18/h4-14,16H,3,15H2,1-2H3,(H,23,24)/t16-/m1/s1. The molecular weight excluding hydrogens is 326 g/mol. The number of hydrogen-bond acceptors (Lipinski definition) is 3. The van der Waals surface area contributed by atoms with E-state index in [1.165, 1.54) is 5.39 Å². The summed E-state index contributed by atoms with van der Waals surface area (Å²) in [6, 6.07) is 21.6. The predicted molar refractivity (Wildman–Crippen MR) is 104 cm³/mol. The third-order valence-electron chi connectivity index (χ3n) is 4.16. The fourth-order valence-electron chi connectivity index (χ4n) is 2.79. The molecule has 1 amide bonds. The SMILES string of the molecule is CCOc1ccc(OCC(=O)N[C@H](C)c2ccc3ccccc3c2)cc1. The molecule has 0 aliphatic rings. The first-order chi connectivity index (χ1) is 12.7. The van der Waals surface area contributed by atoms with Gasteiger partial charge >= 0.3 is 0 Å². The molecule has 3 aromatic rings. The Morgan fingerprint density at radius 1 is 0.923 bits per heavy atom. The maximum atomic E-state index is 12.2. The summed E-state index contributed by atoms with van der Waals surface area (Å²) in [5.74, 6) is 1.27. The van der Waals surface area contributed by atoms with E-state index < -0.39 is 0 Å². The molecule has 1 atom stereocenters. The summed E-state index contributed by atoms with van der Waals surface area (Å²) in [6.07, 6.45) is 0. The zero-order chi connectivity index (χ0) is 18.4. The third-order valence-corrected chi connectivity index (χ3v) is 4.16. The molecule has 3 aromatic carbocycles. The molecule has 0 fully saturated rings. The van der Waals surface area contributed by atoms with Gasteiger partial charge in [-0.05, 0) is 60.5 Å². The number of nitrogens with one attached hydrogen (secondary N) is 1. The molecule has 0 radical (unpaired) electrons. The van der Waals surface area contributed by atoms with Gasteiger partial charge in [-0.1, -0.05) is 36.4 Å². The minimum absolute atomic E-state index is 0.0219. The van der Waals surface area contributed by atoms with Gasteiger partial charge in [0.25, 0.3) is 5.91 Å². The van der Waals surface area contributed by atoms with Gasteiger partial charge in [0.1, 0.15) is 11.5 Å². The van der Waals surface area contributed by atoms with Crippen LogP contribution in [0.25, 0.3) is 10.8 Å². The maximum Gasteiger partial charge on any atom is 0.258 e. The van der Waals surface area contributed by atoms with Gasteiger partial charge in [-0.25, -0.2) is 0 Å². The van der Waals surface area contributed by atoms with E-state index in [0.29, 0.717) is 12.4 Å². The number of fused-ring (bicyclic) bond motifs is 1. The Labute approximate surface area is 153 Å². The van der Waals surface area contributed by atoms with Gasteiger partial charge in [0, 0.05) is 0 Å². The lowest BCUT2D eigenvalue weighted by atomic mass is 10.0. The third kappa shape index (κ3) is 4.54. The summed E-state index contributed by atoms with van der Waals surface area (Å²) in [7, 11) is 0. The van der Waals surface area contributed by atoms with Crippen molar-refractivity contribution >= 4 is 16.7 Å². The van der Waals surface area contributed by atoms with E-state index >= 15 is 0 Å². The Kier molecular flexibility index (Phi) is 5.74. The number of hydrogen-bond donors (Lipinski definition) is 1. The highest BCUT2D eigenvalue weighted by atomic mass is 16.5. The van der Waals surface area contributed by atoms with Crippen LogP contribution in [0.3, 0.4) is 0 Å². The number of benzene rings is 3. The molecule has 0 aliphatic heterocycles. The van der Waals surface area contributed by atoms with E-state index in [1.807, 2.05) is 44.2 Å². The van der Waals surface area contributed by atoms with Crippen molar-refractivity contribution in [2.75, 3.05) is 13.2 Å². The highest BCUT2D eigenvalue weighted by molar-refractivity contribution is 5.83. The maximum absolute atomic E-state index is 12.2. The second-order valence-electron chi connectivity index (χ2n) is 6.09. The monoisotopic (exact) mass is 349 g/mol.